The van der Waals surface area contributed by atoms with Crippen LogP contribution in [0.5, 0.6) is 0 Å². The summed E-state index contributed by atoms with van der Waals surface area (Å²) in [5, 5.41) is 0. The van der Waals surface area contributed by atoms with Crippen molar-refractivity contribution < 1.29 is 4.79 Å². The van der Waals surface area contributed by atoms with E-state index in [0.717, 1.165) is 30.7 Å². The summed E-state index contributed by atoms with van der Waals surface area (Å²) in [5.74, 6) is 0.869. The molecule has 1 amide bonds. The standard InChI is InChI=1S/C14H25NO/c1-10(2)11(3)13(16)15-8-7-12(9-15)14(4,5)6/h12H,7-9H2,1-6H3. The van der Waals surface area contributed by atoms with Gasteiger partial charge in [0.1, 0.15) is 0 Å². The van der Waals surface area contributed by atoms with Gasteiger partial charge in [-0.1, -0.05) is 26.3 Å². The van der Waals surface area contributed by atoms with Crippen LogP contribution in [-0.4, -0.2) is 23.9 Å². The van der Waals surface area contributed by atoms with Gasteiger partial charge in [-0.25, -0.2) is 0 Å². The molecule has 0 aromatic rings. The second-order valence-electron chi connectivity index (χ2n) is 6.23. The molecule has 2 nitrogen and oxygen atoms in total. The van der Waals surface area contributed by atoms with Crippen molar-refractivity contribution >= 4 is 5.91 Å². The maximum atomic E-state index is 12.1. The van der Waals surface area contributed by atoms with E-state index in [0.29, 0.717) is 11.3 Å². The predicted octanol–water partition coefficient (Wildman–Crippen LogP) is 3.24. The Kier molecular flexibility index (Phi) is 3.82. The molecule has 1 fully saturated rings. The van der Waals surface area contributed by atoms with Crippen LogP contribution in [0.15, 0.2) is 11.1 Å². The summed E-state index contributed by atoms with van der Waals surface area (Å²) in [6.45, 7) is 14.6. The fraction of sp³-hybridized carbons (Fsp3) is 0.786. The average molecular weight is 223 g/mol. The number of nitrogens with zero attached hydrogens (tertiary/aromatic N) is 1. The molecule has 1 atom stereocenters. The van der Waals surface area contributed by atoms with Crippen molar-refractivity contribution in [2.45, 2.75) is 48.0 Å². The number of likely N-dealkylation sites (tertiary alicyclic amines) is 1. The Morgan fingerprint density at radius 1 is 1.19 bits per heavy atom. The lowest BCUT2D eigenvalue weighted by Gasteiger charge is -2.27. The molecule has 0 bridgehead atoms. The van der Waals surface area contributed by atoms with Crippen molar-refractivity contribution in [3.05, 3.63) is 11.1 Å². The molecule has 0 saturated carbocycles. The van der Waals surface area contributed by atoms with Crippen LogP contribution in [0.2, 0.25) is 0 Å². The zero-order chi connectivity index (χ0) is 12.5. The van der Waals surface area contributed by atoms with E-state index >= 15 is 0 Å². The highest BCUT2D eigenvalue weighted by Gasteiger charge is 2.34. The number of carbonyl (C=O) groups is 1. The van der Waals surface area contributed by atoms with Gasteiger partial charge in [-0.3, -0.25) is 4.79 Å². The molecule has 1 unspecified atom stereocenters. The van der Waals surface area contributed by atoms with Crippen molar-refractivity contribution in [1.29, 1.82) is 0 Å². The van der Waals surface area contributed by atoms with Gasteiger partial charge in [-0.05, 0) is 38.5 Å². The molecule has 0 radical (unpaired) electrons. The Morgan fingerprint density at radius 3 is 2.12 bits per heavy atom. The first-order chi connectivity index (χ1) is 7.23. The average Bonchev–Trinajstić information content (AvgIpc) is 2.63. The van der Waals surface area contributed by atoms with E-state index in [1.807, 2.05) is 25.7 Å². The molecule has 0 spiro atoms. The SMILES string of the molecule is CC(C)=C(C)C(=O)N1CCC(C(C)(C)C)C1. The van der Waals surface area contributed by atoms with E-state index < -0.39 is 0 Å². The number of allylic oxidation sites excluding steroid dienone is 1. The van der Waals surface area contributed by atoms with Gasteiger partial charge >= 0.3 is 0 Å². The van der Waals surface area contributed by atoms with Crippen LogP contribution in [0.1, 0.15) is 48.0 Å². The first kappa shape index (κ1) is 13.3. The maximum Gasteiger partial charge on any atom is 0.249 e. The monoisotopic (exact) mass is 223 g/mol. The van der Waals surface area contributed by atoms with E-state index in [1.165, 1.54) is 0 Å². The summed E-state index contributed by atoms with van der Waals surface area (Å²) in [5.41, 5.74) is 2.35. The number of carbonyl (C=O) groups excluding carboxylic acids is 1. The third-order valence-electron chi connectivity index (χ3n) is 3.77. The molecule has 0 aromatic heterocycles. The van der Waals surface area contributed by atoms with E-state index in [1.54, 1.807) is 0 Å². The van der Waals surface area contributed by atoms with Crippen LogP contribution >= 0.6 is 0 Å². The fourth-order valence-corrected chi connectivity index (χ4v) is 2.10. The molecule has 1 heterocycles. The molecule has 0 aromatic carbocycles. The second-order valence-corrected chi connectivity index (χ2v) is 6.23. The van der Waals surface area contributed by atoms with Crippen LogP contribution < -0.4 is 0 Å². The number of hydrogen-bond donors (Lipinski definition) is 0. The van der Waals surface area contributed by atoms with E-state index in [-0.39, 0.29) is 5.91 Å². The molecule has 16 heavy (non-hydrogen) atoms. The number of rotatable bonds is 1. The fourth-order valence-electron chi connectivity index (χ4n) is 2.10. The lowest BCUT2D eigenvalue weighted by Crippen LogP contribution is -2.31. The lowest BCUT2D eigenvalue weighted by molar-refractivity contribution is -0.126. The third kappa shape index (κ3) is 2.87. The zero-order valence-electron chi connectivity index (χ0n) is 11.6. The topological polar surface area (TPSA) is 20.3 Å². The van der Waals surface area contributed by atoms with Crippen molar-refractivity contribution in [1.82, 2.24) is 4.90 Å². The van der Waals surface area contributed by atoms with Crippen molar-refractivity contribution in [3.63, 3.8) is 0 Å². The summed E-state index contributed by atoms with van der Waals surface area (Å²) in [7, 11) is 0. The lowest BCUT2D eigenvalue weighted by atomic mass is 9.80. The first-order valence-electron chi connectivity index (χ1n) is 6.17. The van der Waals surface area contributed by atoms with Crippen molar-refractivity contribution in [2.24, 2.45) is 11.3 Å². The van der Waals surface area contributed by atoms with Gasteiger partial charge < -0.3 is 4.90 Å². The van der Waals surface area contributed by atoms with Crippen LogP contribution in [0.4, 0.5) is 0 Å². The van der Waals surface area contributed by atoms with Gasteiger partial charge in [0, 0.05) is 18.7 Å². The van der Waals surface area contributed by atoms with Crippen LogP contribution in [0.3, 0.4) is 0 Å². The van der Waals surface area contributed by atoms with E-state index in [4.69, 9.17) is 0 Å². The Balaban J connectivity index is 2.68. The molecule has 0 aliphatic carbocycles. The van der Waals surface area contributed by atoms with Gasteiger partial charge in [-0.15, -0.1) is 0 Å². The molecule has 1 saturated heterocycles. The highest BCUT2D eigenvalue weighted by molar-refractivity contribution is 5.93. The molecular formula is C14H25NO. The predicted molar refractivity (Wildman–Crippen MR) is 68.2 cm³/mol. The minimum Gasteiger partial charge on any atom is -0.339 e. The van der Waals surface area contributed by atoms with Gasteiger partial charge in [0.25, 0.3) is 0 Å². The summed E-state index contributed by atoms with van der Waals surface area (Å²) in [4.78, 5) is 14.1. The highest BCUT2D eigenvalue weighted by atomic mass is 16.2. The van der Waals surface area contributed by atoms with Gasteiger partial charge in [0.15, 0.2) is 0 Å². The smallest absolute Gasteiger partial charge is 0.249 e. The largest absolute Gasteiger partial charge is 0.339 e. The summed E-state index contributed by atoms with van der Waals surface area (Å²) < 4.78 is 0. The summed E-state index contributed by atoms with van der Waals surface area (Å²) in [6.07, 6.45) is 1.14. The van der Waals surface area contributed by atoms with E-state index in [9.17, 15) is 4.79 Å². The van der Waals surface area contributed by atoms with Crippen molar-refractivity contribution in [3.8, 4) is 0 Å². The van der Waals surface area contributed by atoms with Gasteiger partial charge in [0.2, 0.25) is 5.91 Å². The zero-order valence-corrected chi connectivity index (χ0v) is 11.6. The quantitative estimate of drug-likeness (QED) is 0.625. The molecule has 1 aliphatic heterocycles. The molecule has 1 rings (SSSR count). The first-order valence-corrected chi connectivity index (χ1v) is 6.17. The molecular weight excluding hydrogens is 198 g/mol. The normalized spacial score (nSPS) is 21.1. The maximum absolute atomic E-state index is 12.1. The molecule has 92 valence electrons. The molecule has 1 aliphatic rings. The second kappa shape index (κ2) is 4.60. The molecule has 0 N–H and O–H groups in total. The van der Waals surface area contributed by atoms with Crippen LogP contribution in [-0.2, 0) is 4.79 Å². The van der Waals surface area contributed by atoms with E-state index in [2.05, 4.69) is 20.8 Å². The Hall–Kier alpha value is -0.790. The summed E-state index contributed by atoms with van der Waals surface area (Å²) >= 11 is 0. The Labute approximate surface area is 99.7 Å². The molecule has 2 heteroatoms. The minimum absolute atomic E-state index is 0.228. The van der Waals surface area contributed by atoms with Gasteiger partial charge in [0.05, 0.1) is 0 Å². The van der Waals surface area contributed by atoms with Crippen LogP contribution in [0, 0.1) is 11.3 Å². The number of hydrogen-bond acceptors (Lipinski definition) is 1. The number of amides is 1. The van der Waals surface area contributed by atoms with Gasteiger partial charge in [-0.2, -0.15) is 0 Å². The Bertz CT molecular complexity index is 305. The minimum atomic E-state index is 0.228. The highest BCUT2D eigenvalue weighted by Crippen LogP contribution is 2.34. The Morgan fingerprint density at radius 2 is 1.75 bits per heavy atom. The van der Waals surface area contributed by atoms with Crippen LogP contribution in [0.25, 0.3) is 0 Å². The van der Waals surface area contributed by atoms with Crippen molar-refractivity contribution in [2.75, 3.05) is 13.1 Å². The summed E-state index contributed by atoms with van der Waals surface area (Å²) in [6, 6.07) is 0. The third-order valence-corrected chi connectivity index (χ3v) is 3.77.